The zero-order valence-corrected chi connectivity index (χ0v) is 47.9. The van der Waals surface area contributed by atoms with Crippen molar-refractivity contribution in [3.8, 4) is 0 Å². The van der Waals surface area contributed by atoms with Crippen LogP contribution in [0.15, 0.2) is 52.4 Å². The summed E-state index contributed by atoms with van der Waals surface area (Å²) < 4.78 is 0. The molecule has 0 radical (unpaired) electrons. The van der Waals surface area contributed by atoms with E-state index >= 15 is 0 Å². The van der Waals surface area contributed by atoms with E-state index in [2.05, 4.69) is 52.5 Å². The zero-order chi connectivity index (χ0) is 65.0. The largest absolute Gasteiger partial charge is 0.481 e. The summed E-state index contributed by atoms with van der Waals surface area (Å²) in [5.41, 5.74) is -1.89. The van der Waals surface area contributed by atoms with Crippen LogP contribution in [0, 0.1) is 0 Å². The number of aliphatic hydroxyl groups excluding tert-OH is 2. The molecule has 6 amide bonds. The minimum Gasteiger partial charge on any atom is -0.481 e. The van der Waals surface area contributed by atoms with Crippen molar-refractivity contribution >= 4 is 83.0 Å². The lowest BCUT2D eigenvalue weighted by Crippen LogP contribution is -2.60. The number of benzene rings is 1. The molecule has 482 valence electrons. The summed E-state index contributed by atoms with van der Waals surface area (Å²) in [6, 6.07) is -3.12. The molecule has 0 bridgehead atoms. The number of hydrogen-bond acceptors (Lipinski definition) is 23. The molecule has 2 aromatic carbocycles. The van der Waals surface area contributed by atoms with Crippen LogP contribution in [0.25, 0.3) is 0 Å². The van der Waals surface area contributed by atoms with E-state index in [-0.39, 0.29) is 115 Å². The number of aliphatic hydroxyl groups is 2. The van der Waals surface area contributed by atoms with E-state index in [0.29, 0.717) is 11.8 Å². The van der Waals surface area contributed by atoms with Crippen molar-refractivity contribution in [2.75, 3.05) is 109 Å². The van der Waals surface area contributed by atoms with E-state index in [1.165, 1.54) is 12.5 Å². The molecule has 0 saturated carbocycles. The molecule has 1 saturated heterocycles. The zero-order valence-electron chi connectivity index (χ0n) is 47.9. The predicted octanol–water partition coefficient (Wildman–Crippen LogP) is -7.39. The maximum absolute atomic E-state index is 13.8. The number of carboxylic acid groups (broad SMARTS) is 5. The first-order valence-corrected chi connectivity index (χ1v) is 27.6. The fourth-order valence-corrected chi connectivity index (χ4v) is 9.11. The third-order valence-corrected chi connectivity index (χ3v) is 13.9. The smallest absolute Gasteiger partial charge is 0.328 e. The molecule has 7 atom stereocenters. The van der Waals surface area contributed by atoms with Crippen LogP contribution < -0.4 is 53.4 Å². The van der Waals surface area contributed by atoms with Crippen molar-refractivity contribution in [1.82, 2.24) is 61.5 Å². The van der Waals surface area contributed by atoms with Gasteiger partial charge in [0.05, 0.1) is 52.1 Å². The second kappa shape index (κ2) is 36.0. The van der Waals surface area contributed by atoms with Gasteiger partial charge in [-0.2, -0.15) is 0 Å². The van der Waals surface area contributed by atoms with Gasteiger partial charge in [-0.05, 0) is 25.3 Å². The van der Waals surface area contributed by atoms with Gasteiger partial charge in [0.25, 0.3) is 10.9 Å². The summed E-state index contributed by atoms with van der Waals surface area (Å²) in [7, 11) is 0. The lowest BCUT2D eigenvalue weighted by Gasteiger charge is -2.35. The van der Waals surface area contributed by atoms with Crippen LogP contribution in [0.1, 0.15) is 37.4 Å². The molecule has 1 aliphatic rings. The normalized spacial score (nSPS) is 16.2. The number of aromatic nitrogens is 2. The number of nitrogens with one attached hydrogen (secondary N) is 9. The molecule has 88 heavy (non-hydrogen) atoms. The monoisotopic (exact) mass is 1240 g/mol. The Balaban J connectivity index is 1.37. The molecule has 16 N–H and O–H groups in total. The van der Waals surface area contributed by atoms with E-state index in [9.17, 15) is 103 Å². The van der Waals surface area contributed by atoms with Crippen LogP contribution in [0.2, 0.25) is 0 Å². The van der Waals surface area contributed by atoms with Gasteiger partial charge in [-0.1, -0.05) is 30.3 Å². The van der Waals surface area contributed by atoms with E-state index in [1.807, 2.05) is 0 Å². The lowest BCUT2D eigenvalue weighted by atomic mass is 10.0. The number of H-pyrrole nitrogens is 1. The molecule has 4 rings (SSSR count). The molecule has 3 aromatic rings. The number of hydrogen-bond donors (Lipinski definition) is 16. The van der Waals surface area contributed by atoms with Gasteiger partial charge in [0.15, 0.2) is 0 Å². The SMILES string of the molecule is C[C@H](NC(=O)[C@H](CC(=O)O)NC(=O)CNc1c(NCCCC(C(=O)O)N2CCN(CC=O)CCN(CC(=O)O)CCN(CC(=O)O)CC2)c(=O)c1=O)C(=O)N[C@@H](Cc1cnc[nH]1)C(=O)N[C@@H](CO)C(=O)N[C@@H](Cc1ccccc1)C(=O)N[C@@H](CO)C(=O)O. The molecule has 1 fully saturated rings. The number of carbonyl (C=O) groups excluding carboxylic acids is 7. The number of aromatic amines is 1. The first-order valence-electron chi connectivity index (χ1n) is 27.6. The van der Waals surface area contributed by atoms with Crippen molar-refractivity contribution in [2.24, 2.45) is 0 Å². The predicted molar refractivity (Wildman–Crippen MR) is 305 cm³/mol. The van der Waals surface area contributed by atoms with Gasteiger partial charge in [-0.15, -0.1) is 0 Å². The van der Waals surface area contributed by atoms with Crippen LogP contribution >= 0.6 is 0 Å². The van der Waals surface area contributed by atoms with Gasteiger partial charge in [0.2, 0.25) is 35.4 Å². The highest BCUT2D eigenvalue weighted by Crippen LogP contribution is 2.16. The molecule has 35 heteroatoms. The van der Waals surface area contributed by atoms with Gasteiger partial charge >= 0.3 is 29.8 Å². The summed E-state index contributed by atoms with van der Waals surface area (Å²) in [5, 5.41) is 86.8. The lowest BCUT2D eigenvalue weighted by molar-refractivity contribution is -0.144. The average molecular weight is 1240 g/mol. The van der Waals surface area contributed by atoms with Gasteiger partial charge in [0.1, 0.15) is 60.0 Å². The van der Waals surface area contributed by atoms with Crippen LogP contribution in [-0.2, 0) is 70.4 Å². The maximum Gasteiger partial charge on any atom is 0.328 e. The van der Waals surface area contributed by atoms with Gasteiger partial charge in [0, 0.05) is 83.6 Å². The molecular weight excluding hydrogens is 1170 g/mol. The van der Waals surface area contributed by atoms with E-state index in [0.717, 1.165) is 6.92 Å². The molecule has 0 aliphatic carbocycles. The minimum atomic E-state index is -1.87. The second-order valence-corrected chi connectivity index (χ2v) is 20.4. The van der Waals surface area contributed by atoms with Crippen molar-refractivity contribution in [3.63, 3.8) is 0 Å². The molecular formula is C53H74N14O21. The van der Waals surface area contributed by atoms with Crippen LogP contribution in [0.3, 0.4) is 0 Å². The Bertz CT molecular complexity index is 2960. The van der Waals surface area contributed by atoms with Crippen molar-refractivity contribution < 1.29 is 93.3 Å². The first kappa shape index (κ1) is 71.2. The highest BCUT2D eigenvalue weighted by molar-refractivity contribution is 5.98. The fourth-order valence-electron chi connectivity index (χ4n) is 9.11. The highest BCUT2D eigenvalue weighted by atomic mass is 16.4. The highest BCUT2D eigenvalue weighted by Gasteiger charge is 2.34. The summed E-state index contributed by atoms with van der Waals surface area (Å²) in [4.78, 5) is 190. The Kier molecular flexibility index (Phi) is 29.1. The van der Waals surface area contributed by atoms with Crippen LogP contribution in [-0.4, -0.2) is 277 Å². The fraction of sp³-hybridized carbons (Fsp3) is 0.528. The number of anilines is 2. The van der Waals surface area contributed by atoms with Gasteiger partial charge in [-0.25, -0.2) is 9.78 Å². The number of rotatable bonds is 36. The Morgan fingerprint density at radius 1 is 0.591 bits per heavy atom. The number of carbonyl (C=O) groups is 12. The number of imidazole rings is 1. The van der Waals surface area contributed by atoms with Crippen molar-refractivity contribution in [1.29, 1.82) is 0 Å². The van der Waals surface area contributed by atoms with E-state index in [4.69, 9.17) is 0 Å². The maximum atomic E-state index is 13.8. The Morgan fingerprint density at radius 3 is 1.64 bits per heavy atom. The molecule has 0 spiro atoms. The Morgan fingerprint density at radius 2 is 1.10 bits per heavy atom. The Hall–Kier alpha value is -9.29. The summed E-state index contributed by atoms with van der Waals surface area (Å²) in [5.74, 6) is -13.2. The number of amides is 6. The molecule has 1 aliphatic heterocycles. The van der Waals surface area contributed by atoms with Gasteiger partial charge < -0.3 is 88.1 Å². The topological polar surface area (TPSA) is 518 Å². The van der Waals surface area contributed by atoms with Crippen LogP contribution in [0.5, 0.6) is 0 Å². The van der Waals surface area contributed by atoms with Crippen molar-refractivity contribution in [2.45, 2.75) is 81.3 Å². The van der Waals surface area contributed by atoms with Gasteiger partial charge in [-0.3, -0.25) is 77.1 Å². The molecule has 2 heterocycles. The summed E-state index contributed by atoms with van der Waals surface area (Å²) in [6.45, 7) is -1.30. The molecule has 1 aromatic heterocycles. The average Bonchev–Trinajstić information content (AvgIpc) is 4.06. The van der Waals surface area contributed by atoms with E-state index in [1.54, 1.807) is 49.9 Å². The number of aldehydes is 1. The Labute approximate surface area is 501 Å². The second-order valence-electron chi connectivity index (χ2n) is 20.4. The molecule has 35 nitrogen and oxygen atoms in total. The quantitative estimate of drug-likeness (QED) is 0.0146. The third kappa shape index (κ3) is 23.5. The van der Waals surface area contributed by atoms with E-state index < -0.39 is 151 Å². The number of nitrogens with zero attached hydrogens (tertiary/aromatic N) is 5. The third-order valence-electron chi connectivity index (χ3n) is 13.9. The summed E-state index contributed by atoms with van der Waals surface area (Å²) >= 11 is 0. The van der Waals surface area contributed by atoms with Crippen LogP contribution in [0.4, 0.5) is 11.4 Å². The standard InChI is InChI=1S/C53H74N14O21/c1-30(47(80)60-34(21-32-23-54-29-57-32)50(83)62-36(27-69)51(84)61-33(20-31-6-3-2-4-7-31)49(82)63-37(28-70)52(85)86)58-48(81)35(22-40(72)73)59-39(71)24-56-44-43(45(78)46(44)79)55-9-5-8-38(53(87)88)67-16-14-64(18-19-68)10-11-65(25-41(74)75)12-13-66(15-17-67)26-42(76)77/h2-4,6-7,19,23,29-30,33-38,55-56,69-70H,5,8-18,20-22,24-28H2,1H3,(H,54,57)(H,58,81)(H,59,71)(H,60,80)(H,61,84)(H,62,83)(H,63,82)(H,72,73)(H,74,75)(H,76,77)(H,85,86)(H,87,88)/t30-,33-,34-,35-,36-,37-,38?/m0/s1. The number of aliphatic carboxylic acids is 5. The minimum absolute atomic E-state index is 0.0246. The summed E-state index contributed by atoms with van der Waals surface area (Å²) in [6.07, 6.45) is 1.67. The van der Waals surface area contributed by atoms with Crippen molar-refractivity contribution in [3.05, 3.63) is 74.6 Å². The number of carboxylic acids is 5. The molecule has 1 unspecified atom stereocenters. The first-order chi connectivity index (χ1) is 41.8.